The van der Waals surface area contributed by atoms with Crippen LogP contribution in [-0.2, 0) is 0 Å². The van der Waals surface area contributed by atoms with E-state index in [9.17, 15) is 5.11 Å². The lowest BCUT2D eigenvalue weighted by Crippen LogP contribution is -2.52. The van der Waals surface area contributed by atoms with Gasteiger partial charge in [0.1, 0.15) is 18.5 Å². The Morgan fingerprint density at radius 1 is 1.40 bits per heavy atom. The SMILES string of the molecule is CC(CO)(CO)NCC(O)COc1cccc(C#N)c1. The lowest BCUT2D eigenvalue weighted by atomic mass is 10.1. The molecular formula is C14H20N2O4. The van der Waals surface area contributed by atoms with Crippen LogP contribution < -0.4 is 10.1 Å². The quantitative estimate of drug-likeness (QED) is 0.518. The standard InChI is InChI=1S/C14H20N2O4/c1-14(9-17,10-18)16-7-12(19)8-20-13-4-2-3-11(5-13)6-15/h2-5,12,16-19H,7-10H2,1H3. The molecule has 6 nitrogen and oxygen atoms in total. The molecule has 0 fully saturated rings. The topological polar surface area (TPSA) is 106 Å². The molecule has 0 aliphatic rings. The lowest BCUT2D eigenvalue weighted by molar-refractivity contribution is 0.0666. The molecular weight excluding hydrogens is 260 g/mol. The molecule has 0 saturated carbocycles. The normalized spacial score (nSPS) is 12.8. The summed E-state index contributed by atoms with van der Waals surface area (Å²) < 4.78 is 5.38. The molecule has 0 aliphatic heterocycles. The number of nitrogens with zero attached hydrogens (tertiary/aromatic N) is 1. The molecule has 1 atom stereocenters. The second-order valence-corrected chi connectivity index (χ2v) is 4.86. The summed E-state index contributed by atoms with van der Waals surface area (Å²) in [6.07, 6.45) is -0.793. The fourth-order valence-corrected chi connectivity index (χ4v) is 1.43. The highest BCUT2D eigenvalue weighted by molar-refractivity contribution is 5.36. The van der Waals surface area contributed by atoms with Crippen molar-refractivity contribution in [2.24, 2.45) is 0 Å². The number of ether oxygens (including phenoxy) is 1. The maximum atomic E-state index is 9.78. The molecule has 1 rings (SSSR count). The van der Waals surface area contributed by atoms with Gasteiger partial charge in [-0.1, -0.05) is 6.07 Å². The van der Waals surface area contributed by atoms with Crippen LogP contribution in [0.1, 0.15) is 12.5 Å². The number of aliphatic hydroxyl groups is 3. The van der Waals surface area contributed by atoms with Gasteiger partial charge in [0.2, 0.25) is 0 Å². The number of aliphatic hydroxyl groups excluding tert-OH is 3. The van der Waals surface area contributed by atoms with Gasteiger partial charge in [-0.3, -0.25) is 0 Å². The van der Waals surface area contributed by atoms with Gasteiger partial charge in [0, 0.05) is 6.54 Å². The Balaban J connectivity index is 2.40. The molecule has 0 bridgehead atoms. The number of benzene rings is 1. The summed E-state index contributed by atoms with van der Waals surface area (Å²) in [5.74, 6) is 0.509. The van der Waals surface area contributed by atoms with Crippen LogP contribution in [0.25, 0.3) is 0 Å². The molecule has 0 amide bonds. The van der Waals surface area contributed by atoms with Crippen LogP contribution in [0.15, 0.2) is 24.3 Å². The predicted molar refractivity (Wildman–Crippen MR) is 73.2 cm³/mol. The zero-order valence-corrected chi connectivity index (χ0v) is 11.4. The van der Waals surface area contributed by atoms with E-state index in [1.165, 1.54) is 0 Å². The third-order valence-corrected chi connectivity index (χ3v) is 2.87. The van der Waals surface area contributed by atoms with E-state index in [0.717, 1.165) is 0 Å². The molecule has 6 heteroatoms. The van der Waals surface area contributed by atoms with Crippen LogP contribution in [0.4, 0.5) is 0 Å². The highest BCUT2D eigenvalue weighted by atomic mass is 16.5. The van der Waals surface area contributed by atoms with Crippen molar-refractivity contribution < 1.29 is 20.1 Å². The largest absolute Gasteiger partial charge is 0.491 e. The number of rotatable bonds is 8. The van der Waals surface area contributed by atoms with Crippen LogP contribution >= 0.6 is 0 Å². The second-order valence-electron chi connectivity index (χ2n) is 4.86. The van der Waals surface area contributed by atoms with Gasteiger partial charge in [-0.15, -0.1) is 0 Å². The van der Waals surface area contributed by atoms with Gasteiger partial charge < -0.3 is 25.4 Å². The smallest absolute Gasteiger partial charge is 0.120 e. The fourth-order valence-electron chi connectivity index (χ4n) is 1.43. The zero-order chi connectivity index (χ0) is 15.0. The van der Waals surface area contributed by atoms with Crippen molar-refractivity contribution in [3.63, 3.8) is 0 Å². The molecule has 0 heterocycles. The first kappa shape index (κ1) is 16.4. The van der Waals surface area contributed by atoms with Crippen molar-refractivity contribution in [2.75, 3.05) is 26.4 Å². The van der Waals surface area contributed by atoms with Gasteiger partial charge in [-0.25, -0.2) is 0 Å². The zero-order valence-electron chi connectivity index (χ0n) is 11.4. The van der Waals surface area contributed by atoms with E-state index < -0.39 is 11.6 Å². The molecule has 0 saturated heterocycles. The lowest BCUT2D eigenvalue weighted by Gasteiger charge is -2.27. The highest BCUT2D eigenvalue weighted by Crippen LogP contribution is 2.12. The van der Waals surface area contributed by atoms with E-state index in [0.29, 0.717) is 11.3 Å². The number of β-amino-alcohol motifs (C(OH)–C–C–N with tert-alkyl or cyclic N) is 1. The molecule has 1 aromatic rings. The minimum Gasteiger partial charge on any atom is -0.491 e. The Bertz CT molecular complexity index is 455. The van der Waals surface area contributed by atoms with Gasteiger partial charge >= 0.3 is 0 Å². The number of nitrogens with one attached hydrogen (secondary N) is 1. The highest BCUT2D eigenvalue weighted by Gasteiger charge is 2.22. The summed E-state index contributed by atoms with van der Waals surface area (Å²) in [6.45, 7) is 1.41. The van der Waals surface area contributed by atoms with Gasteiger partial charge in [-0.05, 0) is 25.1 Å². The Labute approximate surface area is 118 Å². The molecule has 1 aromatic carbocycles. The van der Waals surface area contributed by atoms with Crippen molar-refractivity contribution in [1.82, 2.24) is 5.32 Å². The Morgan fingerprint density at radius 2 is 2.10 bits per heavy atom. The maximum Gasteiger partial charge on any atom is 0.120 e. The van der Waals surface area contributed by atoms with Crippen LogP contribution in [0.3, 0.4) is 0 Å². The summed E-state index contributed by atoms with van der Waals surface area (Å²) in [6, 6.07) is 8.66. The van der Waals surface area contributed by atoms with Crippen LogP contribution in [0.2, 0.25) is 0 Å². The molecule has 0 aliphatic carbocycles. The van der Waals surface area contributed by atoms with Crippen LogP contribution in [-0.4, -0.2) is 53.3 Å². The van der Waals surface area contributed by atoms with Gasteiger partial charge in [0.05, 0.1) is 30.4 Å². The van der Waals surface area contributed by atoms with Crippen molar-refractivity contribution in [3.05, 3.63) is 29.8 Å². The van der Waals surface area contributed by atoms with Gasteiger partial charge in [0.25, 0.3) is 0 Å². The minimum absolute atomic E-state index is 0.0504. The maximum absolute atomic E-state index is 9.78. The van der Waals surface area contributed by atoms with E-state index in [4.69, 9.17) is 20.2 Å². The number of hydrogen-bond acceptors (Lipinski definition) is 6. The van der Waals surface area contributed by atoms with E-state index in [1.54, 1.807) is 31.2 Å². The monoisotopic (exact) mass is 280 g/mol. The minimum atomic E-state index is -0.832. The van der Waals surface area contributed by atoms with E-state index in [1.807, 2.05) is 6.07 Å². The molecule has 1 unspecified atom stereocenters. The first-order valence-electron chi connectivity index (χ1n) is 6.31. The first-order valence-corrected chi connectivity index (χ1v) is 6.31. The van der Waals surface area contributed by atoms with Crippen molar-refractivity contribution in [3.8, 4) is 11.8 Å². The predicted octanol–water partition coefficient (Wildman–Crippen LogP) is -0.369. The van der Waals surface area contributed by atoms with Crippen molar-refractivity contribution in [1.29, 1.82) is 5.26 Å². The molecule has 0 radical (unpaired) electrons. The van der Waals surface area contributed by atoms with E-state index >= 15 is 0 Å². The molecule has 4 N–H and O–H groups in total. The van der Waals surface area contributed by atoms with Crippen LogP contribution in [0, 0.1) is 11.3 Å². The van der Waals surface area contributed by atoms with Gasteiger partial charge in [0.15, 0.2) is 0 Å². The Kier molecular flexibility index (Phi) is 6.42. The Hall–Kier alpha value is -1.65. The Morgan fingerprint density at radius 3 is 2.70 bits per heavy atom. The number of nitriles is 1. The van der Waals surface area contributed by atoms with E-state index in [2.05, 4.69) is 5.32 Å². The van der Waals surface area contributed by atoms with Crippen molar-refractivity contribution >= 4 is 0 Å². The molecule has 0 aromatic heterocycles. The van der Waals surface area contributed by atoms with Crippen LogP contribution in [0.5, 0.6) is 5.75 Å². The second kappa shape index (κ2) is 7.82. The fraction of sp³-hybridized carbons (Fsp3) is 0.500. The first-order chi connectivity index (χ1) is 9.53. The third kappa shape index (κ3) is 5.15. The third-order valence-electron chi connectivity index (χ3n) is 2.87. The van der Waals surface area contributed by atoms with Crippen molar-refractivity contribution in [2.45, 2.75) is 18.6 Å². The summed E-state index contributed by atoms with van der Waals surface area (Å²) in [5.41, 5.74) is -0.343. The summed E-state index contributed by atoms with van der Waals surface area (Å²) >= 11 is 0. The van der Waals surface area contributed by atoms with Gasteiger partial charge in [-0.2, -0.15) is 5.26 Å². The average Bonchev–Trinajstić information content (AvgIpc) is 2.50. The summed E-state index contributed by atoms with van der Waals surface area (Å²) in [4.78, 5) is 0. The molecule has 110 valence electrons. The summed E-state index contributed by atoms with van der Waals surface area (Å²) in [5, 5.41) is 39.6. The number of hydrogen-bond donors (Lipinski definition) is 4. The average molecular weight is 280 g/mol. The van der Waals surface area contributed by atoms with E-state index in [-0.39, 0.29) is 26.4 Å². The molecule has 0 spiro atoms. The molecule has 20 heavy (non-hydrogen) atoms. The summed E-state index contributed by atoms with van der Waals surface area (Å²) in [7, 11) is 0.